The van der Waals surface area contributed by atoms with Gasteiger partial charge in [-0.2, -0.15) is 0 Å². The molecule has 22 heavy (non-hydrogen) atoms. The Kier molecular flexibility index (Phi) is 3.67. The molecule has 2 atom stereocenters. The van der Waals surface area contributed by atoms with Gasteiger partial charge in [-0.15, -0.1) is 0 Å². The van der Waals surface area contributed by atoms with Gasteiger partial charge in [0, 0.05) is 23.8 Å². The fraction of sp³-hybridized carbons (Fsp3) is 0.529. The molecule has 0 saturated carbocycles. The molecule has 3 rings (SSSR count). The van der Waals surface area contributed by atoms with Gasteiger partial charge in [0.25, 0.3) is 0 Å². The number of aryl methyl sites for hydroxylation is 1. The third-order valence-electron chi connectivity index (χ3n) is 4.30. The number of carbonyl (C=O) groups is 1. The maximum absolute atomic E-state index is 11.1. The van der Waals surface area contributed by atoms with Crippen LogP contribution in [0.5, 0.6) is 0 Å². The molecule has 0 aliphatic carbocycles. The van der Waals surface area contributed by atoms with Crippen LogP contribution < -0.4 is 0 Å². The van der Waals surface area contributed by atoms with E-state index in [0.29, 0.717) is 23.4 Å². The normalized spacial score (nSPS) is 24.1. The average molecular weight is 300 g/mol. The zero-order valence-electron chi connectivity index (χ0n) is 13.1. The largest absolute Gasteiger partial charge is 0.477 e. The summed E-state index contributed by atoms with van der Waals surface area (Å²) in [6.07, 6.45) is 1.43. The van der Waals surface area contributed by atoms with Gasteiger partial charge in [0.2, 0.25) is 0 Å². The zero-order chi connectivity index (χ0) is 15.9. The Morgan fingerprint density at radius 1 is 1.50 bits per heavy atom. The van der Waals surface area contributed by atoms with E-state index in [1.165, 1.54) is 6.07 Å². The second kappa shape index (κ2) is 5.38. The summed E-state index contributed by atoms with van der Waals surface area (Å²) in [4.78, 5) is 17.5. The summed E-state index contributed by atoms with van der Waals surface area (Å²) < 4.78 is 5.63. The first-order valence-electron chi connectivity index (χ1n) is 7.49. The summed E-state index contributed by atoms with van der Waals surface area (Å²) in [5, 5.41) is 9.07. The number of nitrogens with zero attached hydrogens (tertiary/aromatic N) is 2. The fourth-order valence-corrected chi connectivity index (χ4v) is 3.23. The van der Waals surface area contributed by atoms with E-state index in [4.69, 9.17) is 9.84 Å². The smallest absolute Gasteiger partial charge is 0.354 e. The standard InChI is InChI=1S/C17H20N2O3/c1-11-6-12(7-15(18-11)16(20)21)4-5-17(2,3)19-9-14-8-13(19)10-22-14/h6-7,13-14H,8-10H2,1-3H3,(H,20,21)/t13-,14-/m1/s1. The van der Waals surface area contributed by atoms with Crippen LogP contribution in [0.4, 0.5) is 0 Å². The number of carboxylic acids is 1. The monoisotopic (exact) mass is 300 g/mol. The van der Waals surface area contributed by atoms with Gasteiger partial charge >= 0.3 is 5.97 Å². The number of likely N-dealkylation sites (tertiary alicyclic amines) is 1. The number of carboxylic acid groups (broad SMARTS) is 1. The summed E-state index contributed by atoms with van der Waals surface area (Å²) in [7, 11) is 0. The number of pyridine rings is 1. The van der Waals surface area contributed by atoms with Crippen molar-refractivity contribution < 1.29 is 14.6 Å². The lowest BCUT2D eigenvalue weighted by Gasteiger charge is -2.37. The van der Waals surface area contributed by atoms with Crippen molar-refractivity contribution in [3.8, 4) is 11.8 Å². The van der Waals surface area contributed by atoms with Crippen molar-refractivity contribution in [2.24, 2.45) is 0 Å². The molecular weight excluding hydrogens is 280 g/mol. The third kappa shape index (κ3) is 2.85. The highest BCUT2D eigenvalue weighted by Gasteiger charge is 2.44. The van der Waals surface area contributed by atoms with Crippen molar-refractivity contribution in [3.05, 3.63) is 29.1 Å². The Morgan fingerprint density at radius 2 is 2.27 bits per heavy atom. The van der Waals surface area contributed by atoms with Gasteiger partial charge in [-0.1, -0.05) is 11.8 Å². The maximum atomic E-state index is 11.1. The molecule has 2 saturated heterocycles. The van der Waals surface area contributed by atoms with E-state index >= 15 is 0 Å². The molecule has 0 spiro atoms. The molecule has 5 heteroatoms. The number of fused-ring (bicyclic) bond motifs is 2. The van der Waals surface area contributed by atoms with Crippen molar-refractivity contribution in [1.29, 1.82) is 0 Å². The van der Waals surface area contributed by atoms with Crippen LogP contribution in [-0.4, -0.2) is 51.8 Å². The highest BCUT2D eigenvalue weighted by molar-refractivity contribution is 5.85. The lowest BCUT2D eigenvalue weighted by atomic mass is 10.0. The van der Waals surface area contributed by atoms with Gasteiger partial charge in [0.05, 0.1) is 18.2 Å². The van der Waals surface area contributed by atoms with E-state index in [-0.39, 0.29) is 11.2 Å². The van der Waals surface area contributed by atoms with Gasteiger partial charge in [-0.25, -0.2) is 9.78 Å². The Bertz CT molecular complexity index is 672. The number of morpholine rings is 1. The summed E-state index contributed by atoms with van der Waals surface area (Å²) in [6.45, 7) is 7.69. The molecule has 1 N–H and O–H groups in total. The number of ether oxygens (including phenoxy) is 1. The molecule has 116 valence electrons. The van der Waals surface area contributed by atoms with Crippen molar-refractivity contribution in [2.45, 2.75) is 44.9 Å². The van der Waals surface area contributed by atoms with Crippen LogP contribution in [0.3, 0.4) is 0 Å². The van der Waals surface area contributed by atoms with Crippen LogP contribution in [-0.2, 0) is 4.74 Å². The molecule has 2 aliphatic rings. The van der Waals surface area contributed by atoms with Gasteiger partial charge in [0.1, 0.15) is 5.69 Å². The Labute approximate surface area is 130 Å². The Balaban J connectivity index is 1.84. The topological polar surface area (TPSA) is 62.7 Å². The van der Waals surface area contributed by atoms with Gasteiger partial charge in [-0.3, -0.25) is 4.90 Å². The highest BCUT2D eigenvalue weighted by Crippen LogP contribution is 2.33. The number of aromatic carboxylic acids is 1. The Morgan fingerprint density at radius 3 is 2.86 bits per heavy atom. The number of hydrogen-bond acceptors (Lipinski definition) is 4. The molecule has 2 aliphatic heterocycles. The molecule has 5 nitrogen and oxygen atoms in total. The molecule has 0 radical (unpaired) electrons. The van der Waals surface area contributed by atoms with Crippen molar-refractivity contribution in [2.75, 3.05) is 13.2 Å². The second-order valence-corrected chi connectivity index (χ2v) is 6.49. The first kappa shape index (κ1) is 15.0. The molecule has 2 fully saturated rings. The minimum atomic E-state index is -1.03. The predicted molar refractivity (Wildman–Crippen MR) is 81.7 cm³/mol. The lowest BCUT2D eigenvalue weighted by molar-refractivity contribution is 0.00266. The summed E-state index contributed by atoms with van der Waals surface area (Å²) >= 11 is 0. The van der Waals surface area contributed by atoms with E-state index in [1.807, 2.05) is 6.07 Å². The summed E-state index contributed by atoms with van der Waals surface area (Å²) in [5.74, 6) is 5.39. The minimum Gasteiger partial charge on any atom is -0.477 e. The van der Waals surface area contributed by atoms with Crippen LogP contribution in [0, 0.1) is 18.8 Å². The van der Waals surface area contributed by atoms with Gasteiger partial charge < -0.3 is 9.84 Å². The maximum Gasteiger partial charge on any atom is 0.354 e. The first-order valence-corrected chi connectivity index (χ1v) is 7.49. The molecule has 1 aromatic heterocycles. The quantitative estimate of drug-likeness (QED) is 0.842. The van der Waals surface area contributed by atoms with Gasteiger partial charge in [0.15, 0.2) is 0 Å². The molecule has 3 heterocycles. The molecule has 2 bridgehead atoms. The SMILES string of the molecule is Cc1cc(C#CC(C)(C)N2C[C@H]3C[C@@H]2CO3)cc(C(=O)O)n1. The summed E-state index contributed by atoms with van der Waals surface area (Å²) in [6, 6.07) is 3.79. The average Bonchev–Trinajstić information content (AvgIpc) is 3.07. The van der Waals surface area contributed by atoms with E-state index < -0.39 is 5.97 Å². The number of hydrogen-bond donors (Lipinski definition) is 1. The molecule has 0 aromatic carbocycles. The van der Waals surface area contributed by atoms with E-state index in [1.54, 1.807) is 6.92 Å². The molecule has 0 amide bonds. The molecule has 0 unspecified atom stereocenters. The summed E-state index contributed by atoms with van der Waals surface area (Å²) in [5.41, 5.74) is 1.13. The van der Waals surface area contributed by atoms with Crippen molar-refractivity contribution >= 4 is 5.97 Å². The first-order chi connectivity index (χ1) is 10.3. The van der Waals surface area contributed by atoms with Crippen LogP contribution in [0.25, 0.3) is 0 Å². The minimum absolute atomic E-state index is 0.0377. The zero-order valence-corrected chi connectivity index (χ0v) is 13.1. The van der Waals surface area contributed by atoms with Gasteiger partial charge in [-0.05, 0) is 39.3 Å². The van der Waals surface area contributed by atoms with Crippen LogP contribution in [0.1, 0.15) is 42.0 Å². The van der Waals surface area contributed by atoms with E-state index in [2.05, 4.69) is 35.6 Å². The van der Waals surface area contributed by atoms with Crippen LogP contribution >= 0.6 is 0 Å². The fourth-order valence-electron chi connectivity index (χ4n) is 3.23. The second-order valence-electron chi connectivity index (χ2n) is 6.49. The van der Waals surface area contributed by atoms with E-state index in [9.17, 15) is 4.79 Å². The molecule has 1 aromatic rings. The van der Waals surface area contributed by atoms with Crippen molar-refractivity contribution in [1.82, 2.24) is 9.88 Å². The van der Waals surface area contributed by atoms with Crippen molar-refractivity contribution in [3.63, 3.8) is 0 Å². The van der Waals surface area contributed by atoms with E-state index in [0.717, 1.165) is 19.6 Å². The number of rotatable bonds is 2. The van der Waals surface area contributed by atoms with Crippen LogP contribution in [0.2, 0.25) is 0 Å². The molecular formula is C17H20N2O3. The Hall–Kier alpha value is -1.90. The number of aromatic nitrogens is 1. The lowest BCUT2D eigenvalue weighted by Crippen LogP contribution is -2.49. The van der Waals surface area contributed by atoms with Crippen LogP contribution in [0.15, 0.2) is 12.1 Å². The predicted octanol–water partition coefficient (Wildman–Crippen LogP) is 1.69. The highest BCUT2D eigenvalue weighted by atomic mass is 16.5. The third-order valence-corrected chi connectivity index (χ3v) is 4.30.